The van der Waals surface area contributed by atoms with Crippen LogP contribution in [0.2, 0.25) is 0 Å². The first-order chi connectivity index (χ1) is 27.4. The molecule has 2 atom stereocenters. The van der Waals surface area contributed by atoms with Gasteiger partial charge < -0.3 is 19.3 Å². The van der Waals surface area contributed by atoms with Gasteiger partial charge in [0.25, 0.3) is 17.6 Å². The molecule has 60 heavy (non-hydrogen) atoms. The Balaban J connectivity index is 0.000000297. The number of ether oxygens (including phenoxy) is 3. The predicted molar refractivity (Wildman–Crippen MR) is 185 cm³/mol. The van der Waals surface area contributed by atoms with Gasteiger partial charge in [0.1, 0.15) is 0 Å². The Hall–Kier alpha value is -5.63. The van der Waals surface area contributed by atoms with Crippen LogP contribution in [0.5, 0.6) is 11.8 Å². The van der Waals surface area contributed by atoms with Gasteiger partial charge in [-0.05, 0) is 75.7 Å². The van der Waals surface area contributed by atoms with Crippen LogP contribution in [-0.4, -0.2) is 92.5 Å². The fraction of sp³-hybridized carbons (Fsp3) is 0.394. The zero-order valence-electron chi connectivity index (χ0n) is 30.2. The van der Waals surface area contributed by atoms with Crippen molar-refractivity contribution in [1.29, 1.82) is 0 Å². The minimum absolute atomic E-state index is 0. The summed E-state index contributed by atoms with van der Waals surface area (Å²) in [6, 6.07) is 6.86. The Morgan fingerprint density at radius 2 is 1.05 bits per heavy atom. The Kier molecular flexibility index (Phi) is 15.6. The summed E-state index contributed by atoms with van der Waals surface area (Å²) in [5.74, 6) is -5.91. The second-order valence-electron chi connectivity index (χ2n) is 11.4. The number of aromatic nitrogens is 10. The van der Waals surface area contributed by atoms with Crippen molar-refractivity contribution in [2.24, 2.45) is 0 Å². The topological polar surface area (TPSA) is 160 Å². The third-order valence-corrected chi connectivity index (χ3v) is 7.24. The van der Waals surface area contributed by atoms with E-state index in [0.717, 1.165) is 29.0 Å². The lowest BCUT2D eigenvalue weighted by molar-refractivity contribution is -0.252. The lowest BCUT2D eigenvalue weighted by Gasteiger charge is -2.17. The van der Waals surface area contributed by atoms with E-state index in [4.69, 9.17) is 16.7 Å². The highest BCUT2D eigenvalue weighted by atomic mass is 35.5. The summed E-state index contributed by atoms with van der Waals surface area (Å²) in [6.45, 7) is 4.41. The molecule has 0 unspecified atom stereocenters. The molecule has 27 heteroatoms. The third-order valence-electron chi connectivity index (χ3n) is 7.07. The van der Waals surface area contributed by atoms with Crippen molar-refractivity contribution in [2.45, 2.75) is 71.2 Å². The number of aliphatic hydroxyl groups excluding tert-OH is 1. The van der Waals surface area contributed by atoms with Crippen LogP contribution in [0.25, 0.3) is 33.8 Å². The molecule has 0 aliphatic heterocycles. The van der Waals surface area contributed by atoms with Gasteiger partial charge in [-0.3, -0.25) is 0 Å². The summed E-state index contributed by atoms with van der Waals surface area (Å²) in [5.41, 5.74) is -0.0781. The molecule has 328 valence electrons. The van der Waals surface area contributed by atoms with Crippen molar-refractivity contribution in [3.8, 4) is 34.3 Å². The number of alkyl halides is 11. The van der Waals surface area contributed by atoms with Crippen molar-refractivity contribution >= 4 is 22.9 Å². The largest absolute Gasteiger partial charge is 0.463 e. The fourth-order valence-corrected chi connectivity index (χ4v) is 4.38. The van der Waals surface area contributed by atoms with Gasteiger partial charge in [-0.2, -0.15) is 63.1 Å². The van der Waals surface area contributed by atoms with Crippen LogP contribution in [-0.2, 0) is 16.2 Å². The molecule has 1 N–H and O–H groups in total. The Morgan fingerprint density at radius 3 is 1.40 bits per heavy atom. The Bertz CT molecular complexity index is 2360. The summed E-state index contributed by atoms with van der Waals surface area (Å²) in [7, 11) is 0. The molecule has 14 nitrogen and oxygen atoms in total. The molecule has 0 saturated carbocycles. The van der Waals surface area contributed by atoms with Crippen LogP contribution in [0.15, 0.2) is 48.8 Å². The average molecular weight is 895 g/mol. The van der Waals surface area contributed by atoms with E-state index in [0.29, 0.717) is 18.4 Å². The average Bonchev–Trinajstić information content (AvgIpc) is 3.78. The van der Waals surface area contributed by atoms with Crippen molar-refractivity contribution < 1.29 is 72.0 Å². The molecule has 6 aromatic rings. The first kappa shape index (κ1) is 48.7. The maximum absolute atomic E-state index is 14.2. The number of aliphatic hydroxyl groups is 1. The SMILES string of the molecule is C.CCO.CCOC(F)(F)c1nnc2ccc(-c3cnc(O[C@@H](C)C(F)(F)F)c(F)c3)nn12.C[C@H](Oc1ncc(-c2ccc3nnc(C(F)(F)Cl)n3n2)cc1F)C(F)(F)F. The first-order valence-corrected chi connectivity index (χ1v) is 16.7. The van der Waals surface area contributed by atoms with E-state index < -0.39 is 71.1 Å². The lowest BCUT2D eigenvalue weighted by Crippen LogP contribution is -2.31. The highest BCUT2D eigenvalue weighted by molar-refractivity contribution is 6.21. The Morgan fingerprint density at radius 1 is 0.667 bits per heavy atom. The summed E-state index contributed by atoms with van der Waals surface area (Å²) in [5, 5.41) is 25.1. The maximum atomic E-state index is 14.2. The molecule has 0 spiro atoms. The standard InChI is InChI=1S/C16H13F6N5O2.C14H8ClF6N5O.C2H6O.CH4/c1-3-28-16(21,22)14-25-24-12-5-4-11(26-27(12)14)9-6-10(17)13(23-7-9)29-8(2)15(18,19)20;1-6(14(19,20)21)27-11-8(16)4-7(5-22-11)9-2-3-10-23-24-12(13(15,17)18)26(10)25-9;1-2-3;/h4-8H,3H2,1-2H3;2-6H,1H3;3H,2H2,1H3;1H4/t8-;6-;;/m00../s1. The molecular formula is C33H31ClF12N10O4. The number of halogens is 13. The van der Waals surface area contributed by atoms with E-state index in [1.165, 1.54) is 31.2 Å². The Labute approximate surface area is 335 Å². The van der Waals surface area contributed by atoms with E-state index in [9.17, 15) is 52.7 Å². The summed E-state index contributed by atoms with van der Waals surface area (Å²) < 4.78 is 173. The molecular weight excluding hydrogens is 864 g/mol. The van der Waals surface area contributed by atoms with Gasteiger partial charge in [0.15, 0.2) is 35.1 Å². The maximum Gasteiger partial charge on any atom is 0.425 e. The van der Waals surface area contributed by atoms with Crippen LogP contribution in [0.4, 0.5) is 52.7 Å². The normalized spacial score (nSPS) is 13.1. The highest BCUT2D eigenvalue weighted by Gasteiger charge is 2.41. The molecule has 6 rings (SSSR count). The molecule has 6 heterocycles. The van der Waals surface area contributed by atoms with Crippen LogP contribution in [0.1, 0.15) is 46.8 Å². The zero-order valence-corrected chi connectivity index (χ0v) is 31.0. The number of nitrogens with zero attached hydrogens (tertiary/aromatic N) is 10. The number of fused-ring (bicyclic) bond motifs is 2. The predicted octanol–water partition coefficient (Wildman–Crippen LogP) is 8.32. The zero-order chi connectivity index (χ0) is 44.1. The van der Waals surface area contributed by atoms with E-state index in [1.54, 1.807) is 6.92 Å². The molecule has 0 aliphatic rings. The summed E-state index contributed by atoms with van der Waals surface area (Å²) in [6.07, 6.45) is -15.7. The van der Waals surface area contributed by atoms with E-state index >= 15 is 0 Å². The minimum Gasteiger partial charge on any atom is -0.463 e. The van der Waals surface area contributed by atoms with Gasteiger partial charge in [0.2, 0.25) is 5.82 Å². The number of pyridine rings is 2. The molecule has 0 aliphatic carbocycles. The smallest absolute Gasteiger partial charge is 0.425 e. The molecule has 0 saturated heterocycles. The number of rotatable bonds is 10. The van der Waals surface area contributed by atoms with Gasteiger partial charge in [0.05, 0.1) is 18.0 Å². The third kappa shape index (κ3) is 11.8. The van der Waals surface area contributed by atoms with Gasteiger partial charge in [-0.15, -0.1) is 20.4 Å². The number of hydrogen-bond donors (Lipinski definition) is 1. The van der Waals surface area contributed by atoms with Crippen molar-refractivity contribution in [3.63, 3.8) is 0 Å². The van der Waals surface area contributed by atoms with E-state index in [1.807, 2.05) is 0 Å². The van der Waals surface area contributed by atoms with Crippen LogP contribution >= 0.6 is 11.6 Å². The summed E-state index contributed by atoms with van der Waals surface area (Å²) >= 11 is 4.93. The molecule has 0 aromatic carbocycles. The van der Waals surface area contributed by atoms with E-state index in [2.05, 4.69) is 54.8 Å². The fourth-order valence-electron chi connectivity index (χ4n) is 4.26. The highest BCUT2D eigenvalue weighted by Crippen LogP contribution is 2.33. The van der Waals surface area contributed by atoms with Gasteiger partial charge in [0, 0.05) is 30.1 Å². The van der Waals surface area contributed by atoms with Crippen LogP contribution < -0.4 is 9.47 Å². The van der Waals surface area contributed by atoms with Crippen molar-refractivity contribution in [1.82, 2.24) is 49.6 Å². The summed E-state index contributed by atoms with van der Waals surface area (Å²) in [4.78, 5) is 7.02. The second kappa shape index (κ2) is 19.2. The molecule has 0 bridgehead atoms. The van der Waals surface area contributed by atoms with Gasteiger partial charge in [-0.25, -0.2) is 18.7 Å². The monoisotopic (exact) mass is 894 g/mol. The van der Waals surface area contributed by atoms with Gasteiger partial charge >= 0.3 is 23.8 Å². The van der Waals surface area contributed by atoms with Crippen molar-refractivity contribution in [2.75, 3.05) is 13.2 Å². The number of hydrogen-bond acceptors (Lipinski definition) is 12. The molecule has 0 fully saturated rings. The van der Waals surface area contributed by atoms with Crippen LogP contribution in [0, 0.1) is 11.6 Å². The van der Waals surface area contributed by atoms with Crippen LogP contribution in [0.3, 0.4) is 0 Å². The lowest BCUT2D eigenvalue weighted by atomic mass is 10.2. The van der Waals surface area contributed by atoms with Gasteiger partial charge in [-0.1, -0.05) is 7.43 Å². The first-order valence-electron chi connectivity index (χ1n) is 16.3. The van der Waals surface area contributed by atoms with E-state index in [-0.39, 0.29) is 54.4 Å². The molecule has 6 aromatic heterocycles. The molecule has 0 radical (unpaired) electrons. The second-order valence-corrected chi connectivity index (χ2v) is 11.9. The van der Waals surface area contributed by atoms with Crippen molar-refractivity contribution in [3.05, 3.63) is 72.1 Å². The minimum atomic E-state index is -4.70. The quantitative estimate of drug-likeness (QED) is 0.104. The molecule has 0 amide bonds.